The lowest BCUT2D eigenvalue weighted by Gasteiger charge is -2.44. The summed E-state index contributed by atoms with van der Waals surface area (Å²) in [6.45, 7) is 28.3. The lowest BCUT2D eigenvalue weighted by Crippen LogP contribution is -2.58. The predicted molar refractivity (Wildman–Crippen MR) is 249 cm³/mol. The molecule has 2 saturated heterocycles. The second kappa shape index (κ2) is 22.9. The van der Waals surface area contributed by atoms with Crippen LogP contribution in [0.3, 0.4) is 0 Å². The summed E-state index contributed by atoms with van der Waals surface area (Å²) >= 11 is 0. The van der Waals surface area contributed by atoms with Gasteiger partial charge in [-0.1, -0.05) is 131 Å². The third-order valence-electron chi connectivity index (χ3n) is 13.1. The summed E-state index contributed by atoms with van der Waals surface area (Å²) in [5.41, 5.74) is 7.25. The Morgan fingerprint density at radius 1 is 0.774 bits per heavy atom. The van der Waals surface area contributed by atoms with E-state index in [0.717, 1.165) is 19.3 Å². The van der Waals surface area contributed by atoms with E-state index < -0.39 is 82.4 Å². The lowest BCUT2D eigenvalue weighted by atomic mass is 9.98. The van der Waals surface area contributed by atoms with Crippen molar-refractivity contribution < 1.29 is 32.7 Å². The second-order valence-electron chi connectivity index (χ2n) is 21.4. The molecule has 0 spiro atoms. The molecule has 0 saturated carbocycles. The third kappa shape index (κ3) is 14.9. The number of aromatic nitrogens is 2. The SMILES string of the molecule is CCCCCCCCCCCCCCCC(=O)N1[C@H](C(=O)OC(C)(C)C)[C@@H]([C@H]2O[C@@H](n3ccc(=O)[nH]c3=O)[C@H](O[Si](C)(C)C(C)(C)C)[C@@H]2O[Si](C)(C)C(C)(C)C)O[C@@H]1CN=[N+]=[N-]. The smallest absolute Gasteiger partial charge is 0.332 e. The number of carbonyl (C=O) groups excluding carboxylic acids is 2. The Bertz CT molecular complexity index is 1760. The number of hydrogen-bond donors (Lipinski definition) is 1. The number of aromatic amines is 1. The summed E-state index contributed by atoms with van der Waals surface area (Å²) in [5.74, 6) is -1.03. The molecular formula is C45H82N6O9Si2. The van der Waals surface area contributed by atoms with Gasteiger partial charge in [-0.05, 0) is 69.0 Å². The number of carbonyl (C=O) groups is 2. The van der Waals surface area contributed by atoms with E-state index >= 15 is 0 Å². The first kappa shape index (κ1) is 53.5. The molecule has 0 unspecified atom stereocenters. The predicted octanol–water partition coefficient (Wildman–Crippen LogP) is 10.3. The second-order valence-corrected chi connectivity index (χ2v) is 30.9. The summed E-state index contributed by atoms with van der Waals surface area (Å²) in [6, 6.07) is -0.0780. The topological polar surface area (TPSA) is 187 Å². The first-order chi connectivity index (χ1) is 28.8. The van der Waals surface area contributed by atoms with Crippen LogP contribution in [0.2, 0.25) is 36.3 Å². The summed E-state index contributed by atoms with van der Waals surface area (Å²) in [5, 5.41) is 3.26. The maximum absolute atomic E-state index is 14.6. The van der Waals surface area contributed by atoms with Gasteiger partial charge in [0.2, 0.25) is 5.91 Å². The van der Waals surface area contributed by atoms with Crippen molar-refractivity contribution in [2.45, 2.75) is 244 Å². The summed E-state index contributed by atoms with van der Waals surface area (Å²) in [4.78, 5) is 61.6. The Balaban J connectivity index is 2.05. The molecule has 1 aromatic heterocycles. The van der Waals surface area contributed by atoms with Crippen LogP contribution in [0.5, 0.6) is 0 Å². The molecule has 1 amide bonds. The Hall–Kier alpha value is -2.80. The highest BCUT2D eigenvalue weighted by Crippen LogP contribution is 2.48. The Labute approximate surface area is 373 Å². The molecule has 15 nitrogen and oxygen atoms in total. The van der Waals surface area contributed by atoms with Crippen LogP contribution in [0.25, 0.3) is 10.4 Å². The van der Waals surface area contributed by atoms with E-state index in [9.17, 15) is 24.7 Å². The van der Waals surface area contributed by atoms with Gasteiger partial charge in [-0.2, -0.15) is 0 Å². The molecule has 2 aliphatic rings. The standard InChI is InChI=1S/C45H82N6O9Si2/c1-15-16-17-18-19-20-21-22-23-24-25-26-27-28-33(53)51-34(31-47-49-46)56-36(35(51)41(54)58-43(2,3)4)37-38(59-61(11,12)44(5,6)7)39(60-62(13,14)45(8,9)10)40(57-37)50-30-29-32(52)48-42(50)55/h29-30,34-40H,15-28,31H2,1-14H3,(H,48,52,55)/t34-,35+,36+,37-,38-,39-,40-/m1/s1. The van der Waals surface area contributed by atoms with Gasteiger partial charge in [-0.3, -0.25) is 24.0 Å². The zero-order valence-corrected chi connectivity index (χ0v) is 42.7. The van der Waals surface area contributed by atoms with Crippen LogP contribution in [-0.2, 0) is 32.7 Å². The third-order valence-corrected chi connectivity index (χ3v) is 22.1. The van der Waals surface area contributed by atoms with Crippen LogP contribution >= 0.6 is 0 Å². The molecule has 2 fully saturated rings. The number of rotatable bonds is 23. The Morgan fingerprint density at radius 2 is 1.27 bits per heavy atom. The van der Waals surface area contributed by atoms with Crippen LogP contribution < -0.4 is 11.2 Å². The van der Waals surface area contributed by atoms with Crippen LogP contribution in [-0.4, -0.2) is 91.8 Å². The van der Waals surface area contributed by atoms with E-state index in [4.69, 9.17) is 23.1 Å². The van der Waals surface area contributed by atoms with E-state index in [1.807, 2.05) is 0 Å². The molecule has 0 bridgehead atoms. The Morgan fingerprint density at radius 3 is 1.74 bits per heavy atom. The minimum absolute atomic E-state index is 0.155. The number of azide groups is 1. The van der Waals surface area contributed by atoms with Gasteiger partial charge < -0.3 is 23.1 Å². The molecular weight excluding hydrogens is 825 g/mol. The van der Waals surface area contributed by atoms with Crippen molar-refractivity contribution in [3.05, 3.63) is 43.5 Å². The summed E-state index contributed by atoms with van der Waals surface area (Å²) < 4.78 is 35.4. The highest BCUT2D eigenvalue weighted by molar-refractivity contribution is 6.74. The number of nitrogens with one attached hydrogen (secondary N) is 1. The van der Waals surface area contributed by atoms with E-state index in [1.165, 1.54) is 79.5 Å². The van der Waals surface area contributed by atoms with Gasteiger partial charge in [0.05, 0.1) is 6.54 Å². The number of H-pyrrole nitrogens is 1. The molecule has 3 rings (SSSR count). The van der Waals surface area contributed by atoms with Gasteiger partial charge in [0.1, 0.15) is 36.2 Å². The van der Waals surface area contributed by atoms with Crippen molar-refractivity contribution >= 4 is 28.5 Å². The first-order valence-corrected chi connectivity index (χ1v) is 29.1. The van der Waals surface area contributed by atoms with E-state index in [1.54, 1.807) is 20.8 Å². The van der Waals surface area contributed by atoms with E-state index in [-0.39, 0.29) is 28.9 Å². The number of unbranched alkanes of at least 4 members (excludes halogenated alkanes) is 12. The number of amides is 1. The first-order valence-electron chi connectivity index (χ1n) is 23.3. The number of hydrogen-bond acceptors (Lipinski definition) is 10. The average Bonchev–Trinajstić information content (AvgIpc) is 3.68. The van der Waals surface area contributed by atoms with Gasteiger partial charge in [0.15, 0.2) is 28.9 Å². The normalized spacial score (nSPS) is 23.7. The van der Waals surface area contributed by atoms with Crippen LogP contribution in [0, 0.1) is 0 Å². The molecule has 62 heavy (non-hydrogen) atoms. The number of nitrogens with zero attached hydrogens (tertiary/aromatic N) is 5. The lowest BCUT2D eigenvalue weighted by molar-refractivity contribution is -0.167. The fraction of sp³-hybridized carbons (Fsp3) is 0.867. The fourth-order valence-corrected chi connectivity index (χ4v) is 10.2. The van der Waals surface area contributed by atoms with Crippen molar-refractivity contribution in [2.75, 3.05) is 6.54 Å². The van der Waals surface area contributed by atoms with Crippen molar-refractivity contribution in [1.29, 1.82) is 0 Å². The maximum atomic E-state index is 14.6. The van der Waals surface area contributed by atoms with Crippen molar-refractivity contribution in [3.8, 4) is 0 Å². The van der Waals surface area contributed by atoms with Crippen molar-refractivity contribution in [1.82, 2.24) is 14.5 Å². The zero-order valence-electron chi connectivity index (χ0n) is 40.7. The van der Waals surface area contributed by atoms with Crippen molar-refractivity contribution in [3.63, 3.8) is 0 Å². The minimum Gasteiger partial charge on any atom is -0.458 e. The molecule has 354 valence electrons. The van der Waals surface area contributed by atoms with Gasteiger partial charge in [0, 0.05) is 23.6 Å². The van der Waals surface area contributed by atoms with Gasteiger partial charge in [0.25, 0.3) is 5.56 Å². The van der Waals surface area contributed by atoms with E-state index in [0.29, 0.717) is 6.42 Å². The molecule has 2 aliphatic heterocycles. The minimum atomic E-state index is -2.70. The van der Waals surface area contributed by atoms with E-state index in [2.05, 4.69) is 89.7 Å². The molecule has 3 heterocycles. The van der Waals surface area contributed by atoms with Crippen LogP contribution in [0.15, 0.2) is 27.0 Å². The number of esters is 1. The van der Waals surface area contributed by atoms with Crippen molar-refractivity contribution in [2.24, 2.45) is 5.11 Å². The summed E-state index contributed by atoms with van der Waals surface area (Å²) in [7, 11) is -5.36. The summed E-state index contributed by atoms with van der Waals surface area (Å²) in [6.07, 6.45) is 10.3. The zero-order chi connectivity index (χ0) is 46.7. The van der Waals surface area contributed by atoms with Crippen LogP contribution in [0.1, 0.15) is 165 Å². The molecule has 0 aromatic carbocycles. The highest BCUT2D eigenvalue weighted by atomic mass is 28.4. The molecule has 17 heteroatoms. The quantitative estimate of drug-likeness (QED) is 0.0278. The molecule has 7 atom stereocenters. The Kier molecular flexibility index (Phi) is 19.8. The number of ether oxygens (including phenoxy) is 3. The maximum Gasteiger partial charge on any atom is 0.332 e. The average molecular weight is 907 g/mol. The fourth-order valence-electron chi connectivity index (χ4n) is 7.58. The van der Waals surface area contributed by atoms with Crippen LogP contribution in [0.4, 0.5) is 0 Å². The molecule has 1 aromatic rings. The van der Waals surface area contributed by atoms with Gasteiger partial charge >= 0.3 is 11.7 Å². The monoisotopic (exact) mass is 907 g/mol. The molecule has 1 N–H and O–H groups in total. The highest BCUT2D eigenvalue weighted by Gasteiger charge is 2.62. The molecule has 0 radical (unpaired) electrons. The largest absolute Gasteiger partial charge is 0.458 e. The van der Waals surface area contributed by atoms with Gasteiger partial charge in [-0.15, -0.1) is 0 Å². The van der Waals surface area contributed by atoms with Gasteiger partial charge in [-0.25, -0.2) is 9.59 Å². The molecule has 0 aliphatic carbocycles.